The van der Waals surface area contributed by atoms with Gasteiger partial charge in [-0.05, 0) is 6.07 Å². The number of rotatable bonds is 5. The lowest BCUT2D eigenvalue weighted by atomic mass is 10.2. The molecule has 1 aliphatic heterocycles. The van der Waals surface area contributed by atoms with Crippen LogP contribution in [0.2, 0.25) is 5.02 Å². The highest BCUT2D eigenvalue weighted by Gasteiger charge is 2.22. The fraction of sp³-hybridized carbons (Fsp3) is 0.250. The predicted octanol–water partition coefficient (Wildman–Crippen LogP) is 2.81. The number of primary amides is 1. The van der Waals surface area contributed by atoms with E-state index in [4.69, 9.17) is 21.8 Å². The first-order valence-electron chi connectivity index (χ1n) is 9.02. The second kappa shape index (κ2) is 8.00. The van der Waals surface area contributed by atoms with Crippen LogP contribution in [0.3, 0.4) is 0 Å². The summed E-state index contributed by atoms with van der Waals surface area (Å²) in [5, 5.41) is 0.435. The van der Waals surface area contributed by atoms with Crippen molar-refractivity contribution in [2.24, 2.45) is 5.73 Å². The SMILES string of the molecule is NC(=O)c1cnc(N2CCN(Cc3nc(-c4ccccc4)co3)CC2)c(Cl)c1. The van der Waals surface area contributed by atoms with Crippen molar-refractivity contribution in [1.29, 1.82) is 0 Å². The largest absolute Gasteiger partial charge is 0.447 e. The molecule has 2 aromatic heterocycles. The molecule has 0 unspecified atom stereocenters. The molecule has 3 aromatic rings. The number of pyridine rings is 1. The molecule has 1 saturated heterocycles. The molecule has 3 heterocycles. The number of carbonyl (C=O) groups excluding carboxylic acids is 1. The molecule has 144 valence electrons. The van der Waals surface area contributed by atoms with Crippen LogP contribution < -0.4 is 10.6 Å². The molecule has 0 atom stereocenters. The Balaban J connectivity index is 1.36. The lowest BCUT2D eigenvalue weighted by molar-refractivity contribution is 0.1000. The minimum Gasteiger partial charge on any atom is -0.447 e. The summed E-state index contributed by atoms with van der Waals surface area (Å²) >= 11 is 6.28. The van der Waals surface area contributed by atoms with Gasteiger partial charge in [0.25, 0.3) is 0 Å². The van der Waals surface area contributed by atoms with Crippen molar-refractivity contribution in [3.8, 4) is 11.3 Å². The van der Waals surface area contributed by atoms with Crippen LogP contribution in [0.15, 0.2) is 53.3 Å². The Labute approximate surface area is 167 Å². The van der Waals surface area contributed by atoms with E-state index in [2.05, 4.69) is 19.8 Å². The maximum Gasteiger partial charge on any atom is 0.250 e. The first kappa shape index (κ1) is 18.5. The zero-order valence-corrected chi connectivity index (χ0v) is 16.0. The average Bonchev–Trinajstić information content (AvgIpc) is 3.18. The molecule has 1 fully saturated rings. The Morgan fingerprint density at radius 2 is 1.93 bits per heavy atom. The Kier molecular flexibility index (Phi) is 5.27. The van der Waals surface area contributed by atoms with Crippen LogP contribution in [0.1, 0.15) is 16.2 Å². The van der Waals surface area contributed by atoms with E-state index in [-0.39, 0.29) is 0 Å². The summed E-state index contributed by atoms with van der Waals surface area (Å²) in [4.78, 5) is 24.5. The summed E-state index contributed by atoms with van der Waals surface area (Å²) in [6, 6.07) is 11.5. The van der Waals surface area contributed by atoms with Crippen molar-refractivity contribution in [2.45, 2.75) is 6.54 Å². The number of halogens is 1. The fourth-order valence-electron chi connectivity index (χ4n) is 3.23. The van der Waals surface area contributed by atoms with Crippen LogP contribution in [-0.4, -0.2) is 47.0 Å². The molecule has 7 nitrogen and oxygen atoms in total. The lowest BCUT2D eigenvalue weighted by Crippen LogP contribution is -2.46. The topological polar surface area (TPSA) is 88.5 Å². The molecule has 0 saturated carbocycles. The molecule has 2 N–H and O–H groups in total. The van der Waals surface area contributed by atoms with Crippen LogP contribution in [0.5, 0.6) is 0 Å². The zero-order valence-electron chi connectivity index (χ0n) is 15.2. The van der Waals surface area contributed by atoms with Gasteiger partial charge in [-0.3, -0.25) is 9.69 Å². The van der Waals surface area contributed by atoms with Crippen molar-refractivity contribution >= 4 is 23.3 Å². The third kappa shape index (κ3) is 4.00. The lowest BCUT2D eigenvalue weighted by Gasteiger charge is -2.35. The maximum absolute atomic E-state index is 11.2. The van der Waals surface area contributed by atoms with Crippen LogP contribution in [0.4, 0.5) is 5.82 Å². The van der Waals surface area contributed by atoms with E-state index in [0.717, 1.165) is 37.4 Å². The highest BCUT2D eigenvalue weighted by Crippen LogP contribution is 2.25. The molecule has 0 spiro atoms. The summed E-state index contributed by atoms with van der Waals surface area (Å²) in [6.07, 6.45) is 3.17. The minimum atomic E-state index is -0.536. The van der Waals surface area contributed by atoms with Gasteiger partial charge < -0.3 is 15.1 Å². The summed E-state index contributed by atoms with van der Waals surface area (Å²) in [5.41, 5.74) is 7.47. The van der Waals surface area contributed by atoms with Crippen molar-refractivity contribution in [3.63, 3.8) is 0 Å². The van der Waals surface area contributed by atoms with E-state index in [1.54, 1.807) is 12.3 Å². The number of anilines is 1. The van der Waals surface area contributed by atoms with E-state index >= 15 is 0 Å². The molecule has 8 heteroatoms. The number of hydrogen-bond acceptors (Lipinski definition) is 6. The van der Waals surface area contributed by atoms with Gasteiger partial charge in [0.2, 0.25) is 11.8 Å². The first-order valence-corrected chi connectivity index (χ1v) is 9.40. The van der Waals surface area contributed by atoms with Gasteiger partial charge in [-0.2, -0.15) is 0 Å². The van der Waals surface area contributed by atoms with Gasteiger partial charge in [0.1, 0.15) is 17.8 Å². The number of oxazole rings is 1. The average molecular weight is 398 g/mol. The summed E-state index contributed by atoms with van der Waals surface area (Å²) in [5.74, 6) is 0.842. The Morgan fingerprint density at radius 3 is 2.61 bits per heavy atom. The Hall–Kier alpha value is -2.90. The van der Waals surface area contributed by atoms with Crippen molar-refractivity contribution in [1.82, 2.24) is 14.9 Å². The van der Waals surface area contributed by atoms with Gasteiger partial charge in [-0.25, -0.2) is 9.97 Å². The van der Waals surface area contributed by atoms with Crippen LogP contribution in [0.25, 0.3) is 11.3 Å². The van der Waals surface area contributed by atoms with Gasteiger partial charge in [0.15, 0.2) is 0 Å². The summed E-state index contributed by atoms with van der Waals surface area (Å²) in [7, 11) is 0. The zero-order chi connectivity index (χ0) is 19.5. The van der Waals surface area contributed by atoms with Gasteiger partial charge in [0.05, 0.1) is 17.1 Å². The monoisotopic (exact) mass is 397 g/mol. The number of piperazine rings is 1. The molecular weight excluding hydrogens is 378 g/mol. The highest BCUT2D eigenvalue weighted by molar-refractivity contribution is 6.33. The second-order valence-corrected chi connectivity index (χ2v) is 7.06. The van der Waals surface area contributed by atoms with E-state index in [1.165, 1.54) is 6.20 Å². The molecule has 1 amide bonds. The third-order valence-electron chi connectivity index (χ3n) is 4.76. The van der Waals surface area contributed by atoms with Gasteiger partial charge >= 0.3 is 0 Å². The molecular formula is C20H20ClN5O2. The quantitative estimate of drug-likeness (QED) is 0.712. The van der Waals surface area contributed by atoms with Crippen molar-refractivity contribution in [2.75, 3.05) is 31.1 Å². The van der Waals surface area contributed by atoms with Gasteiger partial charge in [0, 0.05) is 37.9 Å². The first-order chi connectivity index (χ1) is 13.6. The highest BCUT2D eigenvalue weighted by atomic mass is 35.5. The normalized spacial score (nSPS) is 15.0. The third-order valence-corrected chi connectivity index (χ3v) is 5.04. The van der Waals surface area contributed by atoms with Crippen LogP contribution >= 0.6 is 11.6 Å². The molecule has 28 heavy (non-hydrogen) atoms. The van der Waals surface area contributed by atoms with E-state index in [0.29, 0.717) is 28.8 Å². The van der Waals surface area contributed by atoms with Crippen molar-refractivity contribution < 1.29 is 9.21 Å². The Bertz CT molecular complexity index is 968. The number of benzene rings is 1. The van der Waals surface area contributed by atoms with Gasteiger partial charge in [-0.1, -0.05) is 41.9 Å². The second-order valence-electron chi connectivity index (χ2n) is 6.65. The molecule has 0 bridgehead atoms. The molecule has 4 rings (SSSR count). The smallest absolute Gasteiger partial charge is 0.250 e. The number of hydrogen-bond donors (Lipinski definition) is 1. The van der Waals surface area contributed by atoms with E-state index < -0.39 is 5.91 Å². The molecule has 1 aromatic carbocycles. The number of nitrogens with two attached hydrogens (primary N) is 1. The van der Waals surface area contributed by atoms with Crippen LogP contribution in [-0.2, 0) is 6.54 Å². The molecule has 1 aliphatic rings. The van der Waals surface area contributed by atoms with Gasteiger partial charge in [-0.15, -0.1) is 0 Å². The number of carbonyl (C=O) groups is 1. The summed E-state index contributed by atoms with van der Waals surface area (Å²) < 4.78 is 5.64. The standard InChI is InChI=1S/C20H20ClN5O2/c21-16-10-15(19(22)27)11-23-20(16)26-8-6-25(7-9-26)12-18-24-17(13-28-18)14-4-2-1-3-5-14/h1-5,10-11,13H,6-9,12H2,(H2,22,27). The number of amides is 1. The van der Waals surface area contributed by atoms with E-state index in [9.17, 15) is 4.79 Å². The Morgan fingerprint density at radius 1 is 1.18 bits per heavy atom. The van der Waals surface area contributed by atoms with Crippen molar-refractivity contribution in [3.05, 3.63) is 65.3 Å². The molecule has 0 aliphatic carbocycles. The van der Waals surface area contributed by atoms with Crippen LogP contribution in [0, 0.1) is 0 Å². The summed E-state index contributed by atoms with van der Waals surface area (Å²) in [6.45, 7) is 3.86. The minimum absolute atomic E-state index is 0.311. The van der Waals surface area contributed by atoms with E-state index in [1.807, 2.05) is 30.3 Å². The fourth-order valence-corrected chi connectivity index (χ4v) is 3.52. The number of nitrogens with zero attached hydrogens (tertiary/aromatic N) is 4. The number of aromatic nitrogens is 2. The molecule has 0 radical (unpaired) electrons. The maximum atomic E-state index is 11.2. The predicted molar refractivity (Wildman–Crippen MR) is 107 cm³/mol.